The van der Waals surface area contributed by atoms with Crippen LogP contribution in [0.4, 0.5) is 0 Å². The fraction of sp³-hybridized carbons (Fsp3) is 0.212. The quantitative estimate of drug-likeness (QED) is 0.202. The first kappa shape index (κ1) is 26.2. The Kier molecular flexibility index (Phi) is 8.34. The summed E-state index contributed by atoms with van der Waals surface area (Å²) in [4.78, 5) is 19.1. The van der Waals surface area contributed by atoms with E-state index in [2.05, 4.69) is 41.3 Å². The number of hydrogen-bond acceptors (Lipinski definition) is 4. The summed E-state index contributed by atoms with van der Waals surface area (Å²) in [7, 11) is 0. The molecule has 0 saturated heterocycles. The summed E-state index contributed by atoms with van der Waals surface area (Å²) in [5.41, 5.74) is 5.40. The molecular formula is C33H33N3O3. The number of aromatic nitrogens is 2. The van der Waals surface area contributed by atoms with E-state index in [0.717, 1.165) is 48.6 Å². The molecule has 0 radical (unpaired) electrons. The second-order valence-electron chi connectivity index (χ2n) is 9.84. The number of oxazole rings is 1. The zero-order valence-electron chi connectivity index (χ0n) is 22.1. The minimum atomic E-state index is -0.831. The van der Waals surface area contributed by atoms with Gasteiger partial charge in [-0.25, -0.2) is 9.78 Å². The highest BCUT2D eigenvalue weighted by molar-refractivity contribution is 5.72. The Morgan fingerprint density at radius 3 is 2.08 bits per heavy atom. The van der Waals surface area contributed by atoms with Gasteiger partial charge in [-0.3, -0.25) is 4.90 Å². The summed E-state index contributed by atoms with van der Waals surface area (Å²) in [5.74, 6) is 0.685. The average molecular weight is 520 g/mol. The lowest BCUT2D eigenvalue weighted by atomic mass is 10.0. The number of aliphatic carboxylic acids is 1. The van der Waals surface area contributed by atoms with Crippen molar-refractivity contribution in [3.05, 3.63) is 138 Å². The third-order valence-corrected chi connectivity index (χ3v) is 6.96. The zero-order chi connectivity index (χ0) is 27.0. The van der Waals surface area contributed by atoms with Crippen molar-refractivity contribution in [3.8, 4) is 11.5 Å². The van der Waals surface area contributed by atoms with Crippen molar-refractivity contribution in [2.75, 3.05) is 6.54 Å². The van der Waals surface area contributed by atoms with Gasteiger partial charge in [-0.2, -0.15) is 0 Å². The molecule has 0 aliphatic rings. The number of nitrogens with zero attached hydrogens (tertiary/aromatic N) is 3. The van der Waals surface area contributed by atoms with Crippen LogP contribution in [0.2, 0.25) is 0 Å². The summed E-state index contributed by atoms with van der Waals surface area (Å²) in [6, 6.07) is 31.9. The lowest BCUT2D eigenvalue weighted by Crippen LogP contribution is -2.25. The molecule has 5 aromatic rings. The smallest absolute Gasteiger partial charge is 0.327 e. The molecule has 0 aliphatic carbocycles. The predicted octanol–water partition coefficient (Wildman–Crippen LogP) is 6.56. The van der Waals surface area contributed by atoms with Crippen LogP contribution in [-0.4, -0.2) is 32.1 Å². The molecule has 0 bridgehead atoms. The van der Waals surface area contributed by atoms with E-state index in [1.165, 1.54) is 11.1 Å². The number of carbonyl (C=O) groups is 1. The summed E-state index contributed by atoms with van der Waals surface area (Å²) in [5, 5.41) is 9.72. The van der Waals surface area contributed by atoms with Gasteiger partial charge in [0.05, 0.1) is 5.69 Å². The first-order valence-corrected chi connectivity index (χ1v) is 13.3. The lowest BCUT2D eigenvalue weighted by Gasteiger charge is -2.23. The second kappa shape index (κ2) is 12.4. The molecule has 0 unspecified atom stereocenters. The number of rotatable bonds is 12. The predicted molar refractivity (Wildman–Crippen MR) is 152 cm³/mol. The van der Waals surface area contributed by atoms with E-state index in [1.807, 2.05) is 67.6 Å². The zero-order valence-corrected chi connectivity index (χ0v) is 22.1. The molecule has 0 aliphatic heterocycles. The third kappa shape index (κ3) is 6.92. The lowest BCUT2D eigenvalue weighted by molar-refractivity contribution is -0.140. The normalized spacial score (nSPS) is 12.1. The van der Waals surface area contributed by atoms with Gasteiger partial charge in [0.25, 0.3) is 0 Å². The monoisotopic (exact) mass is 519 g/mol. The Balaban J connectivity index is 1.28. The Hall–Kier alpha value is -4.42. The maximum absolute atomic E-state index is 11.8. The molecule has 6 nitrogen and oxygen atoms in total. The van der Waals surface area contributed by atoms with Crippen molar-refractivity contribution in [1.29, 1.82) is 0 Å². The second-order valence-corrected chi connectivity index (χ2v) is 9.84. The molecule has 2 aromatic heterocycles. The summed E-state index contributed by atoms with van der Waals surface area (Å²) in [6.07, 6.45) is 4.82. The van der Waals surface area contributed by atoms with E-state index < -0.39 is 12.0 Å². The molecule has 0 amide bonds. The maximum Gasteiger partial charge on any atom is 0.327 e. The minimum absolute atomic E-state index is 0.438. The van der Waals surface area contributed by atoms with Gasteiger partial charge in [0.2, 0.25) is 5.89 Å². The molecular weight excluding hydrogens is 486 g/mol. The van der Waals surface area contributed by atoms with Crippen molar-refractivity contribution in [1.82, 2.24) is 14.5 Å². The number of benzene rings is 3. The van der Waals surface area contributed by atoms with Gasteiger partial charge in [0.15, 0.2) is 0 Å². The molecule has 0 spiro atoms. The largest absolute Gasteiger partial charge is 0.480 e. The SMILES string of the molecule is Cc1oc(-c2ccccc2)nc1CCN(Cc1ccccc1)Cc1ccc(C[C@@H](C(=O)O)n2cccc2)cc1. The first-order valence-electron chi connectivity index (χ1n) is 13.3. The van der Waals surface area contributed by atoms with Gasteiger partial charge >= 0.3 is 5.97 Å². The molecule has 6 heteroatoms. The molecule has 2 heterocycles. The van der Waals surface area contributed by atoms with Gasteiger partial charge in [-0.15, -0.1) is 0 Å². The van der Waals surface area contributed by atoms with Gasteiger partial charge in [-0.05, 0) is 47.9 Å². The van der Waals surface area contributed by atoms with Crippen LogP contribution < -0.4 is 0 Å². The number of carboxylic acids is 1. The van der Waals surface area contributed by atoms with Crippen molar-refractivity contribution < 1.29 is 14.3 Å². The van der Waals surface area contributed by atoms with Crippen LogP contribution in [0.5, 0.6) is 0 Å². The van der Waals surface area contributed by atoms with Crippen LogP contribution in [0.15, 0.2) is 114 Å². The van der Waals surface area contributed by atoms with E-state index in [-0.39, 0.29) is 0 Å². The highest BCUT2D eigenvalue weighted by Crippen LogP contribution is 2.23. The van der Waals surface area contributed by atoms with E-state index in [4.69, 9.17) is 9.40 Å². The number of carboxylic acid groups (broad SMARTS) is 1. The highest BCUT2D eigenvalue weighted by Gasteiger charge is 2.19. The Bertz CT molecular complexity index is 1460. The minimum Gasteiger partial charge on any atom is -0.480 e. The summed E-state index contributed by atoms with van der Waals surface area (Å²) < 4.78 is 7.73. The van der Waals surface area contributed by atoms with Crippen LogP contribution >= 0.6 is 0 Å². The van der Waals surface area contributed by atoms with Crippen molar-refractivity contribution in [3.63, 3.8) is 0 Å². The molecule has 39 heavy (non-hydrogen) atoms. The fourth-order valence-corrected chi connectivity index (χ4v) is 4.82. The molecule has 5 rings (SSSR count). The summed E-state index contributed by atoms with van der Waals surface area (Å²) in [6.45, 7) is 4.40. The molecule has 1 N–H and O–H groups in total. The molecule has 3 aromatic carbocycles. The molecule has 0 fully saturated rings. The first-order chi connectivity index (χ1) is 19.0. The van der Waals surface area contributed by atoms with Crippen molar-refractivity contribution in [2.24, 2.45) is 0 Å². The molecule has 1 atom stereocenters. The van der Waals surface area contributed by atoms with Crippen LogP contribution in [0.3, 0.4) is 0 Å². The van der Waals surface area contributed by atoms with Crippen molar-refractivity contribution >= 4 is 5.97 Å². The van der Waals surface area contributed by atoms with Gasteiger partial charge in [0.1, 0.15) is 11.8 Å². The van der Waals surface area contributed by atoms with Gasteiger partial charge < -0.3 is 14.1 Å². The van der Waals surface area contributed by atoms with Gasteiger partial charge in [0, 0.05) is 50.4 Å². The standard InChI is InChI=1S/C33H33N3O3/c1-25-30(34-32(39-25)29-12-6-3-7-13-29)18-21-35(23-27-10-4-2-5-11-27)24-28-16-14-26(15-17-28)22-31(33(37)38)36-19-8-9-20-36/h2-17,19-20,31H,18,21-24H2,1H3,(H,37,38)/t31-/m0/s1. The van der Waals surface area contributed by atoms with Gasteiger partial charge in [-0.1, -0.05) is 72.8 Å². The Morgan fingerprint density at radius 1 is 0.846 bits per heavy atom. The Labute approximate surface area is 229 Å². The van der Waals surface area contributed by atoms with Crippen LogP contribution in [0.25, 0.3) is 11.5 Å². The maximum atomic E-state index is 11.8. The van der Waals surface area contributed by atoms with Crippen LogP contribution in [0.1, 0.15) is 34.2 Å². The molecule has 0 saturated carbocycles. The fourth-order valence-electron chi connectivity index (χ4n) is 4.82. The number of hydrogen-bond donors (Lipinski definition) is 1. The van der Waals surface area contributed by atoms with Crippen molar-refractivity contribution in [2.45, 2.75) is 38.9 Å². The topological polar surface area (TPSA) is 71.5 Å². The van der Waals surface area contributed by atoms with Crippen LogP contribution in [-0.2, 0) is 30.7 Å². The van der Waals surface area contributed by atoms with E-state index in [1.54, 1.807) is 17.0 Å². The van der Waals surface area contributed by atoms with E-state index in [9.17, 15) is 9.90 Å². The van der Waals surface area contributed by atoms with E-state index in [0.29, 0.717) is 12.3 Å². The molecule has 198 valence electrons. The summed E-state index contributed by atoms with van der Waals surface area (Å²) >= 11 is 0. The van der Waals surface area contributed by atoms with Crippen LogP contribution in [0, 0.1) is 6.92 Å². The highest BCUT2D eigenvalue weighted by atomic mass is 16.4. The Morgan fingerprint density at radius 2 is 1.44 bits per heavy atom. The number of aryl methyl sites for hydroxylation is 1. The average Bonchev–Trinajstić information content (AvgIpc) is 3.62. The van der Waals surface area contributed by atoms with E-state index >= 15 is 0 Å². The third-order valence-electron chi connectivity index (χ3n) is 6.96.